The summed E-state index contributed by atoms with van der Waals surface area (Å²) < 4.78 is 40.7. The number of hydrogen-bond donors (Lipinski definition) is 1. The number of nitrogens with two attached hydrogens (primary N) is 1. The largest absolute Gasteiger partial charge is 0.417 e. The number of ketones is 1. The molecule has 1 amide bonds. The summed E-state index contributed by atoms with van der Waals surface area (Å²) in [5, 5.41) is 3.77. The Bertz CT molecular complexity index is 1260. The molecule has 34 heavy (non-hydrogen) atoms. The van der Waals surface area contributed by atoms with Crippen LogP contribution in [0.1, 0.15) is 50.6 Å². The summed E-state index contributed by atoms with van der Waals surface area (Å²) in [5.74, 6) is -0.529. The van der Waals surface area contributed by atoms with Crippen molar-refractivity contribution in [1.29, 1.82) is 0 Å². The standard InChI is InChI=1S/C22H19ClF3N5O2.H2S/c1-11-5-13(7-19(27)29-11)18(32)6-14-9-28-31-12(2)10-30(21(33)20(14)31)15-3-4-16(17(23)8-15)22(24,25)26;/h3-5,7-9,12H,6,10H2,1-2H3,(H2,27,29);1H2/t12-;/m0./s1. The molecule has 180 valence electrons. The highest BCUT2D eigenvalue weighted by atomic mass is 35.5. The number of pyridine rings is 1. The molecule has 2 aromatic heterocycles. The summed E-state index contributed by atoms with van der Waals surface area (Å²) in [5.41, 5.74) is 6.55. The summed E-state index contributed by atoms with van der Waals surface area (Å²) in [7, 11) is 0. The van der Waals surface area contributed by atoms with E-state index in [4.69, 9.17) is 17.3 Å². The van der Waals surface area contributed by atoms with Gasteiger partial charge in [-0.15, -0.1) is 0 Å². The number of alkyl halides is 3. The Labute approximate surface area is 205 Å². The molecule has 1 aliphatic heterocycles. The average molecular weight is 512 g/mol. The fourth-order valence-corrected chi connectivity index (χ4v) is 4.19. The maximum atomic E-state index is 13.3. The number of aryl methyl sites for hydroxylation is 1. The molecule has 1 aliphatic rings. The van der Waals surface area contributed by atoms with Crippen molar-refractivity contribution >= 4 is 48.3 Å². The lowest BCUT2D eigenvalue weighted by Gasteiger charge is -2.32. The molecular weight excluding hydrogens is 491 g/mol. The number of aromatic nitrogens is 3. The van der Waals surface area contributed by atoms with Crippen LogP contribution in [0.5, 0.6) is 0 Å². The Morgan fingerprint density at radius 2 is 1.97 bits per heavy atom. The Kier molecular flexibility index (Phi) is 6.99. The molecule has 0 bridgehead atoms. The number of rotatable bonds is 4. The highest BCUT2D eigenvalue weighted by Gasteiger charge is 2.36. The van der Waals surface area contributed by atoms with E-state index in [9.17, 15) is 22.8 Å². The van der Waals surface area contributed by atoms with Crippen LogP contribution in [-0.4, -0.2) is 33.0 Å². The number of fused-ring (bicyclic) bond motifs is 1. The third kappa shape index (κ3) is 4.76. The zero-order valence-electron chi connectivity index (χ0n) is 18.2. The number of carbonyl (C=O) groups excluding carboxylic acids is 2. The third-order valence-corrected chi connectivity index (χ3v) is 5.71. The normalized spacial score (nSPS) is 15.6. The maximum Gasteiger partial charge on any atom is 0.417 e. The Morgan fingerprint density at radius 1 is 1.26 bits per heavy atom. The van der Waals surface area contributed by atoms with Crippen LogP contribution >= 0.6 is 25.1 Å². The number of amides is 1. The van der Waals surface area contributed by atoms with Gasteiger partial charge in [-0.2, -0.15) is 31.8 Å². The zero-order chi connectivity index (χ0) is 24.1. The summed E-state index contributed by atoms with van der Waals surface area (Å²) >= 11 is 5.85. The van der Waals surface area contributed by atoms with Gasteiger partial charge in [-0.05, 0) is 44.2 Å². The van der Waals surface area contributed by atoms with Gasteiger partial charge >= 0.3 is 6.18 Å². The lowest BCUT2D eigenvalue weighted by molar-refractivity contribution is -0.137. The van der Waals surface area contributed by atoms with Crippen molar-refractivity contribution in [2.24, 2.45) is 0 Å². The fourth-order valence-electron chi connectivity index (χ4n) is 3.90. The molecule has 12 heteroatoms. The SMILES string of the molecule is Cc1cc(C(=O)Cc2cnn3c2C(=O)N(c2ccc(C(F)(F)F)c(Cl)c2)C[C@@H]3C)cc(N)n1.S. The fraction of sp³-hybridized carbons (Fsp3) is 0.273. The minimum Gasteiger partial charge on any atom is -0.384 e. The van der Waals surface area contributed by atoms with Gasteiger partial charge in [0, 0.05) is 35.5 Å². The van der Waals surface area contributed by atoms with E-state index in [1.54, 1.807) is 13.0 Å². The summed E-state index contributed by atoms with van der Waals surface area (Å²) in [6, 6.07) is 5.97. The highest BCUT2D eigenvalue weighted by molar-refractivity contribution is 7.59. The van der Waals surface area contributed by atoms with Crippen molar-refractivity contribution in [1.82, 2.24) is 14.8 Å². The quantitative estimate of drug-likeness (QED) is 0.517. The number of carbonyl (C=O) groups is 2. The van der Waals surface area contributed by atoms with Crippen molar-refractivity contribution in [3.63, 3.8) is 0 Å². The number of anilines is 2. The number of hydrogen-bond acceptors (Lipinski definition) is 5. The van der Waals surface area contributed by atoms with E-state index in [-0.39, 0.29) is 55.5 Å². The lowest BCUT2D eigenvalue weighted by atomic mass is 10.0. The number of benzene rings is 1. The first-order chi connectivity index (χ1) is 15.5. The molecule has 2 N–H and O–H groups in total. The van der Waals surface area contributed by atoms with Crippen LogP contribution in [0.3, 0.4) is 0 Å². The third-order valence-electron chi connectivity index (χ3n) is 5.40. The van der Waals surface area contributed by atoms with Gasteiger partial charge in [0.25, 0.3) is 5.91 Å². The molecule has 0 aliphatic carbocycles. The molecule has 3 heterocycles. The molecule has 7 nitrogen and oxygen atoms in total. The lowest BCUT2D eigenvalue weighted by Crippen LogP contribution is -2.43. The first-order valence-corrected chi connectivity index (χ1v) is 10.4. The topological polar surface area (TPSA) is 94.1 Å². The molecule has 3 aromatic rings. The second kappa shape index (κ2) is 9.30. The van der Waals surface area contributed by atoms with Gasteiger partial charge in [-0.3, -0.25) is 14.3 Å². The first kappa shape index (κ1) is 25.6. The molecule has 0 radical (unpaired) electrons. The minimum absolute atomic E-state index is 0. The second-order valence-electron chi connectivity index (χ2n) is 7.91. The van der Waals surface area contributed by atoms with Crippen molar-refractivity contribution in [2.45, 2.75) is 32.5 Å². The monoisotopic (exact) mass is 511 g/mol. The van der Waals surface area contributed by atoms with Crippen LogP contribution in [0.15, 0.2) is 36.5 Å². The van der Waals surface area contributed by atoms with E-state index < -0.39 is 22.7 Å². The Balaban J connectivity index is 0.00000324. The summed E-state index contributed by atoms with van der Waals surface area (Å²) in [4.78, 5) is 31.6. The van der Waals surface area contributed by atoms with Crippen molar-refractivity contribution in [2.75, 3.05) is 17.2 Å². The molecule has 4 rings (SSSR count). The van der Waals surface area contributed by atoms with Gasteiger partial charge in [0.15, 0.2) is 5.78 Å². The summed E-state index contributed by atoms with van der Waals surface area (Å²) in [6.45, 7) is 3.72. The van der Waals surface area contributed by atoms with E-state index in [0.717, 1.165) is 12.1 Å². The predicted octanol–water partition coefficient (Wildman–Crippen LogP) is 4.60. The van der Waals surface area contributed by atoms with Crippen molar-refractivity contribution in [3.8, 4) is 0 Å². The molecule has 0 spiro atoms. The molecule has 0 saturated heterocycles. The summed E-state index contributed by atoms with van der Waals surface area (Å²) in [6.07, 6.45) is -3.24. The maximum absolute atomic E-state index is 13.3. The van der Waals surface area contributed by atoms with Crippen LogP contribution < -0.4 is 10.6 Å². The molecule has 0 saturated carbocycles. The number of Topliss-reactive ketones (excluding diaryl/α,β-unsaturated/α-hetero) is 1. The average Bonchev–Trinajstić information content (AvgIpc) is 3.13. The van der Waals surface area contributed by atoms with Gasteiger partial charge in [0.05, 0.1) is 22.8 Å². The van der Waals surface area contributed by atoms with Gasteiger partial charge in [0.2, 0.25) is 0 Å². The van der Waals surface area contributed by atoms with Crippen LogP contribution in [-0.2, 0) is 12.6 Å². The number of nitrogen functional groups attached to an aromatic ring is 1. The molecule has 1 aromatic carbocycles. The second-order valence-corrected chi connectivity index (χ2v) is 8.32. The van der Waals surface area contributed by atoms with Crippen LogP contribution in [0, 0.1) is 6.92 Å². The Hall–Kier alpha value is -3.05. The molecule has 0 unspecified atom stereocenters. The van der Waals surface area contributed by atoms with Crippen LogP contribution in [0.2, 0.25) is 5.02 Å². The number of nitrogens with zero attached hydrogens (tertiary/aromatic N) is 4. The van der Waals surface area contributed by atoms with Crippen LogP contribution in [0.4, 0.5) is 24.7 Å². The van der Waals surface area contributed by atoms with Gasteiger partial charge in [-0.1, -0.05) is 11.6 Å². The first-order valence-electron chi connectivity index (χ1n) is 9.98. The van der Waals surface area contributed by atoms with E-state index in [2.05, 4.69) is 10.1 Å². The smallest absolute Gasteiger partial charge is 0.384 e. The predicted molar refractivity (Wildman–Crippen MR) is 127 cm³/mol. The van der Waals surface area contributed by atoms with E-state index >= 15 is 0 Å². The van der Waals surface area contributed by atoms with Crippen LogP contribution in [0.25, 0.3) is 0 Å². The Morgan fingerprint density at radius 3 is 2.59 bits per heavy atom. The highest BCUT2D eigenvalue weighted by Crippen LogP contribution is 2.38. The molecule has 1 atom stereocenters. The zero-order valence-corrected chi connectivity index (χ0v) is 19.9. The van der Waals surface area contributed by atoms with Gasteiger partial charge < -0.3 is 10.6 Å². The molecule has 0 fully saturated rings. The number of halogens is 4. The molecular formula is C22H21ClF3N5O2S. The van der Waals surface area contributed by atoms with Gasteiger partial charge in [0.1, 0.15) is 11.5 Å². The van der Waals surface area contributed by atoms with E-state index in [1.807, 2.05) is 6.92 Å². The van der Waals surface area contributed by atoms with E-state index in [0.29, 0.717) is 16.8 Å². The minimum atomic E-state index is -4.60. The van der Waals surface area contributed by atoms with E-state index in [1.165, 1.54) is 27.9 Å². The van der Waals surface area contributed by atoms with Crippen molar-refractivity contribution < 1.29 is 22.8 Å². The van der Waals surface area contributed by atoms with Gasteiger partial charge in [-0.25, -0.2) is 4.98 Å². The van der Waals surface area contributed by atoms with Crippen molar-refractivity contribution in [3.05, 3.63) is 69.6 Å².